The van der Waals surface area contributed by atoms with E-state index in [0.29, 0.717) is 13.2 Å². The van der Waals surface area contributed by atoms with E-state index >= 15 is 0 Å². The molecule has 2 aromatic rings. The van der Waals surface area contributed by atoms with Crippen molar-refractivity contribution in [3.63, 3.8) is 0 Å². The number of aryl methyl sites for hydroxylation is 1. The molecular formula is C21H22N2O4S. The maximum atomic E-state index is 12.3. The summed E-state index contributed by atoms with van der Waals surface area (Å²) in [6.45, 7) is 3.02. The molecule has 28 heavy (non-hydrogen) atoms. The van der Waals surface area contributed by atoms with Gasteiger partial charge in [0.05, 0.1) is 18.0 Å². The molecule has 1 amide bonds. The average Bonchev–Trinajstić information content (AvgIpc) is 3.12. The second kappa shape index (κ2) is 8.91. The number of benzene rings is 2. The van der Waals surface area contributed by atoms with Crippen LogP contribution in [0.25, 0.3) is 0 Å². The normalized spacial score (nSPS) is 13.8. The van der Waals surface area contributed by atoms with E-state index < -0.39 is 10.0 Å². The Morgan fingerprint density at radius 2 is 1.82 bits per heavy atom. The molecule has 0 atom stereocenters. The van der Waals surface area contributed by atoms with Gasteiger partial charge in [0.2, 0.25) is 10.0 Å². The molecule has 1 heterocycles. The summed E-state index contributed by atoms with van der Waals surface area (Å²) in [4.78, 5) is 13.3. The molecule has 0 aliphatic carbocycles. The zero-order valence-corrected chi connectivity index (χ0v) is 16.5. The third kappa shape index (κ3) is 4.91. The van der Waals surface area contributed by atoms with Crippen molar-refractivity contribution in [2.24, 2.45) is 0 Å². The van der Waals surface area contributed by atoms with E-state index in [-0.39, 0.29) is 17.5 Å². The molecule has 7 heteroatoms. The third-order valence-electron chi connectivity index (χ3n) is 4.30. The van der Waals surface area contributed by atoms with E-state index in [1.54, 1.807) is 41.3 Å². The van der Waals surface area contributed by atoms with Crippen LogP contribution in [-0.4, -0.2) is 34.2 Å². The highest BCUT2D eigenvalue weighted by atomic mass is 32.2. The first-order chi connectivity index (χ1) is 13.5. The van der Waals surface area contributed by atoms with Gasteiger partial charge in [-0.2, -0.15) is 4.72 Å². The van der Waals surface area contributed by atoms with Crippen LogP contribution in [0.2, 0.25) is 0 Å². The summed E-state index contributed by atoms with van der Waals surface area (Å²) in [6.07, 6.45) is 1.59. The molecular weight excluding hydrogens is 376 g/mol. The number of cyclic esters (lactones) is 1. The molecule has 0 saturated carbocycles. The van der Waals surface area contributed by atoms with Crippen molar-refractivity contribution in [1.29, 1.82) is 0 Å². The van der Waals surface area contributed by atoms with Gasteiger partial charge >= 0.3 is 6.09 Å². The minimum absolute atomic E-state index is 0.0131. The smallest absolute Gasteiger partial charge is 0.414 e. The number of anilines is 1. The lowest BCUT2D eigenvalue weighted by Gasteiger charge is -2.11. The predicted octanol–water partition coefficient (Wildman–Crippen LogP) is 2.93. The second-order valence-electron chi connectivity index (χ2n) is 6.33. The fourth-order valence-corrected chi connectivity index (χ4v) is 3.76. The fraction of sp³-hybridized carbons (Fsp3) is 0.286. The topological polar surface area (TPSA) is 75.7 Å². The number of hydrogen-bond acceptors (Lipinski definition) is 4. The van der Waals surface area contributed by atoms with E-state index in [9.17, 15) is 13.2 Å². The van der Waals surface area contributed by atoms with Gasteiger partial charge in [-0.05, 0) is 48.4 Å². The van der Waals surface area contributed by atoms with Crippen LogP contribution in [0.3, 0.4) is 0 Å². The lowest BCUT2D eigenvalue weighted by molar-refractivity contribution is 0.181. The number of nitrogens with one attached hydrogen (secondary N) is 1. The van der Waals surface area contributed by atoms with Crippen molar-refractivity contribution in [3.05, 3.63) is 59.7 Å². The van der Waals surface area contributed by atoms with Crippen LogP contribution in [0.15, 0.2) is 53.4 Å². The van der Waals surface area contributed by atoms with E-state index in [1.807, 2.05) is 12.1 Å². The van der Waals surface area contributed by atoms with Crippen LogP contribution < -0.4 is 9.62 Å². The highest BCUT2D eigenvalue weighted by Gasteiger charge is 2.23. The van der Waals surface area contributed by atoms with Crippen molar-refractivity contribution in [2.75, 3.05) is 24.6 Å². The average molecular weight is 398 g/mol. The zero-order chi connectivity index (χ0) is 20.0. The lowest BCUT2D eigenvalue weighted by Crippen LogP contribution is -2.24. The molecule has 0 radical (unpaired) electrons. The quantitative estimate of drug-likeness (QED) is 0.759. The summed E-state index contributed by atoms with van der Waals surface area (Å²) in [5.41, 5.74) is 2.60. The number of rotatable bonds is 6. The van der Waals surface area contributed by atoms with Crippen LogP contribution in [0.5, 0.6) is 0 Å². The van der Waals surface area contributed by atoms with Crippen LogP contribution in [0, 0.1) is 11.8 Å². The fourth-order valence-electron chi connectivity index (χ4n) is 2.84. The number of amides is 1. The summed E-state index contributed by atoms with van der Waals surface area (Å²) in [7, 11) is -3.58. The van der Waals surface area contributed by atoms with Gasteiger partial charge in [-0.1, -0.05) is 37.3 Å². The minimum atomic E-state index is -3.58. The third-order valence-corrected chi connectivity index (χ3v) is 5.71. The molecule has 0 aromatic heterocycles. The first-order valence-corrected chi connectivity index (χ1v) is 10.6. The summed E-state index contributed by atoms with van der Waals surface area (Å²) < 4.78 is 32.0. The highest BCUT2D eigenvalue weighted by molar-refractivity contribution is 7.89. The van der Waals surface area contributed by atoms with E-state index in [0.717, 1.165) is 29.7 Å². The Balaban J connectivity index is 1.57. The summed E-state index contributed by atoms with van der Waals surface area (Å²) >= 11 is 0. The molecule has 3 rings (SSSR count). The summed E-state index contributed by atoms with van der Waals surface area (Å²) in [5, 5.41) is 0. The first kappa shape index (κ1) is 19.9. The van der Waals surface area contributed by atoms with Crippen LogP contribution in [0.4, 0.5) is 10.5 Å². The first-order valence-electron chi connectivity index (χ1n) is 9.11. The molecule has 0 unspecified atom stereocenters. The van der Waals surface area contributed by atoms with Gasteiger partial charge in [-0.25, -0.2) is 13.2 Å². The molecule has 1 aliphatic rings. The zero-order valence-electron chi connectivity index (χ0n) is 15.6. The molecule has 1 N–H and O–H groups in total. The Morgan fingerprint density at radius 3 is 2.43 bits per heavy atom. The summed E-state index contributed by atoms with van der Waals surface area (Å²) in [6, 6.07) is 14.1. The molecule has 0 bridgehead atoms. The lowest BCUT2D eigenvalue weighted by atomic mass is 10.1. The Kier molecular flexibility index (Phi) is 6.34. The van der Waals surface area contributed by atoms with Gasteiger partial charge in [-0.3, -0.25) is 4.90 Å². The Labute approximate surface area is 165 Å². The maximum absolute atomic E-state index is 12.3. The number of ether oxygens (including phenoxy) is 1. The van der Waals surface area contributed by atoms with Crippen LogP contribution in [-0.2, 0) is 21.2 Å². The van der Waals surface area contributed by atoms with Gasteiger partial charge in [0.25, 0.3) is 0 Å². The maximum Gasteiger partial charge on any atom is 0.414 e. The number of sulfonamides is 1. The predicted molar refractivity (Wildman–Crippen MR) is 108 cm³/mol. The van der Waals surface area contributed by atoms with Crippen molar-refractivity contribution in [2.45, 2.75) is 24.7 Å². The van der Waals surface area contributed by atoms with E-state index in [1.165, 1.54) is 0 Å². The number of nitrogens with zero attached hydrogens (tertiary/aromatic N) is 1. The largest absolute Gasteiger partial charge is 0.447 e. The van der Waals surface area contributed by atoms with Gasteiger partial charge in [0, 0.05) is 11.3 Å². The molecule has 1 fully saturated rings. The second-order valence-corrected chi connectivity index (χ2v) is 8.10. The van der Waals surface area contributed by atoms with Gasteiger partial charge in [0.15, 0.2) is 0 Å². The molecule has 146 valence electrons. The van der Waals surface area contributed by atoms with E-state index in [2.05, 4.69) is 23.5 Å². The number of carbonyl (C=O) groups is 1. The van der Waals surface area contributed by atoms with Crippen LogP contribution >= 0.6 is 0 Å². The van der Waals surface area contributed by atoms with Crippen molar-refractivity contribution in [1.82, 2.24) is 4.72 Å². The monoisotopic (exact) mass is 398 g/mol. The Bertz CT molecular complexity index is 987. The minimum Gasteiger partial charge on any atom is -0.447 e. The SMILES string of the molecule is CCCc1ccc(S(=O)(=O)NCC#Cc2ccc(N3CCOC3=O)cc2)cc1. The van der Waals surface area contributed by atoms with Crippen molar-refractivity contribution in [3.8, 4) is 11.8 Å². The standard InChI is InChI=1S/C21H22N2O4S/c1-2-4-17-8-12-20(13-9-17)28(25,26)22-14-3-5-18-6-10-19(11-7-18)23-15-16-27-21(23)24/h6-13,22H,2,4,14-16H2,1H3. The molecule has 2 aromatic carbocycles. The van der Waals surface area contributed by atoms with Crippen molar-refractivity contribution < 1.29 is 17.9 Å². The van der Waals surface area contributed by atoms with Gasteiger partial charge in [0.1, 0.15) is 6.61 Å². The van der Waals surface area contributed by atoms with Crippen molar-refractivity contribution >= 4 is 21.8 Å². The van der Waals surface area contributed by atoms with Gasteiger partial charge in [-0.15, -0.1) is 0 Å². The van der Waals surface area contributed by atoms with E-state index in [4.69, 9.17) is 4.74 Å². The van der Waals surface area contributed by atoms with Gasteiger partial charge < -0.3 is 4.74 Å². The molecule has 6 nitrogen and oxygen atoms in total. The number of hydrogen-bond donors (Lipinski definition) is 1. The molecule has 0 spiro atoms. The number of carbonyl (C=O) groups excluding carboxylic acids is 1. The Morgan fingerprint density at radius 1 is 1.11 bits per heavy atom. The van der Waals surface area contributed by atoms with Crippen LogP contribution in [0.1, 0.15) is 24.5 Å². The highest BCUT2D eigenvalue weighted by Crippen LogP contribution is 2.18. The molecule has 1 saturated heterocycles. The summed E-state index contributed by atoms with van der Waals surface area (Å²) in [5.74, 6) is 5.72. The Hall–Kier alpha value is -2.82. The molecule has 1 aliphatic heterocycles.